The molecule has 30 radical (unpaired) electrons. The van der Waals surface area contributed by atoms with Crippen LogP contribution in [0.15, 0.2) is 182 Å². The molecule has 24 bridgehead atoms. The molecule has 12 aromatic carbocycles. The number of allylic oxidation sites excluding steroid dienone is 6. The minimum absolute atomic E-state index is 0. The zero-order valence-electron chi connectivity index (χ0n) is 82.7. The number of ether oxygens (including phenoxy) is 6. The molecule has 0 N–H and O–H groups in total. The van der Waals surface area contributed by atoms with Crippen LogP contribution in [-0.2, 0) is 78.6 Å². The fourth-order valence-corrected chi connectivity index (χ4v) is 23.5. The summed E-state index contributed by atoms with van der Waals surface area (Å²) >= 11 is 0. The summed E-state index contributed by atoms with van der Waals surface area (Å²) in [6.45, 7) is 43.1. The van der Waals surface area contributed by atoms with Gasteiger partial charge in [0.1, 0.15) is 34.5 Å². The Morgan fingerprint density at radius 1 is 0.159 bits per heavy atom. The molecule has 138 heavy (non-hydrogen) atoms. The number of hydrogen-bond donors (Lipinski definition) is 0. The summed E-state index contributed by atoms with van der Waals surface area (Å²) in [5, 5.41) is 13.1. The van der Waals surface area contributed by atoms with Crippen molar-refractivity contribution in [1.29, 1.82) is 0 Å². The van der Waals surface area contributed by atoms with Crippen molar-refractivity contribution >= 4 is 147 Å². The van der Waals surface area contributed by atoms with Crippen LogP contribution in [0.3, 0.4) is 0 Å². The maximum absolute atomic E-state index is 6.60. The van der Waals surface area contributed by atoms with E-state index in [0.29, 0.717) is 0 Å². The molecule has 24 aliphatic carbocycles. The van der Waals surface area contributed by atoms with E-state index in [1.54, 1.807) is 0 Å². The molecule has 0 aromatic heterocycles. The average Bonchev–Trinajstić information content (AvgIpc) is 1.45. The fourth-order valence-electron chi connectivity index (χ4n) is 17.4. The molecule has 15 heteroatoms. The Labute approximate surface area is 892 Å². The van der Waals surface area contributed by atoms with Gasteiger partial charge in [0.05, 0.1) is 0 Å². The summed E-state index contributed by atoms with van der Waals surface area (Å²) in [7, 11) is -12.4. The summed E-state index contributed by atoms with van der Waals surface area (Å²) in [4.78, 5) is 0. The predicted octanol–water partition coefficient (Wildman–Crippen LogP) is 31.7. The van der Waals surface area contributed by atoms with Gasteiger partial charge in [-0.15, -0.1) is 72.8 Å². The molecule has 27 aliphatic rings. The molecule has 12 aromatic rings. The van der Waals surface area contributed by atoms with Crippen LogP contribution >= 0.6 is 0 Å². The second-order valence-electron chi connectivity index (χ2n) is 40.7. The van der Waals surface area contributed by atoms with Crippen molar-refractivity contribution in [2.24, 2.45) is 0 Å². The molecule has 678 valence electrons. The van der Waals surface area contributed by atoms with E-state index in [1.165, 1.54) is 0 Å². The van der Waals surface area contributed by atoms with Gasteiger partial charge in [0.15, 0.2) is 0 Å². The van der Waals surface area contributed by atoms with Crippen LogP contribution in [-0.4, -0.2) is 68.8 Å². The zero-order chi connectivity index (χ0) is 94.8. The topological polar surface area (TPSA) is 55.4 Å². The molecule has 3 heterocycles. The van der Waals surface area contributed by atoms with Crippen molar-refractivity contribution in [3.8, 4) is 67.9 Å². The van der Waals surface area contributed by atoms with Crippen molar-refractivity contribution in [1.82, 2.24) is 0 Å². The predicted molar refractivity (Wildman–Crippen MR) is 588 cm³/mol. The second kappa shape index (κ2) is 48.4. The minimum atomic E-state index is -2.06. The van der Waals surface area contributed by atoms with E-state index in [0.717, 1.165) is 199 Å². The smallest absolute Gasteiger partial charge is 0.457 e. The van der Waals surface area contributed by atoms with Gasteiger partial charge in [0, 0.05) is 33.4 Å². The standard InChI is InChI=1S/C93H90O6Si6.6C5H5.3Zr/c1-100(2,3)49-76-64-19-31-70-58(43-64)25-37-82-88(70)90-72-33-21-66(45-60(72)27-39-84(90)96-55-94-82)78(51-102(7,8)9)80(53-104(13,14)15)68-23-35-74-62(47-68)29-41-86-92(74)93-75-36-24-69(48-63(75)30-42-87(93)99-57-98-86)81(54-105(16,17)18)79(52-103(10,11)12)67-22-34-73-61(46-67)28-40-85-91(73)89-71-32-20-65(77(76)50-101(4,5)6)44-59(71)26-38-83(89)95-56-97-85;6*1-2-4-5-3-1;;;/h19-48H,55-57H2,1-18H3;6*1-5H;;;/q-6;;;;;;;3*+4. The van der Waals surface area contributed by atoms with Gasteiger partial charge in [0.2, 0.25) is 20.4 Å². The van der Waals surface area contributed by atoms with Crippen LogP contribution < -0.4 is 28.4 Å². The second-order valence-corrected chi connectivity index (χ2v) is 69.2. The molecule has 0 unspecified atom stereocenters. The molecule has 6 fully saturated rings. The van der Waals surface area contributed by atoms with Gasteiger partial charge in [-0.05, 0) is 342 Å². The van der Waals surface area contributed by atoms with E-state index in [9.17, 15) is 0 Å². The van der Waals surface area contributed by atoms with Gasteiger partial charge < -0.3 is 28.4 Å². The SMILES string of the molecule is C[Si](C)(C)[C-]=C1C(=[C-][Si](C)(C)C)c2ccc3c4c(ccc3c2)OCOc2ccc3cc(ccc3c2-4)C(=[C-][Si](C)(C)C)C(=[C-][Si](C)(C)C)c2ccc3c4c(ccc3c2)OCOc2ccc3cc(ccc3c2-4)C(=[C-][Si](C)(C)C)C(=[C-][Si](C)(C)C)c2ccc3c4c(ccc3c2)OCOc2ccc3cc1ccc3c2-4.[CH]1[CH][CH][CH][CH]1.[CH]1[CH][CH][CH][CH]1.[CH]1[CH][CH][CH][CH]1.[CH]1[CH][CH][CH][CH]1.[CH]1[CH][CH][CH][CH]1.[CH]1[CH][CH][CH][CH]1.[Zr+4].[Zr+4].[Zr+4]. The van der Waals surface area contributed by atoms with Crippen LogP contribution in [0, 0.1) is 227 Å². The van der Waals surface area contributed by atoms with E-state index in [4.69, 9.17) is 28.4 Å². The maximum atomic E-state index is 6.60. The van der Waals surface area contributed by atoms with Gasteiger partial charge in [-0.1, -0.05) is 191 Å². The normalized spacial score (nSPS) is 18.4. The first-order chi connectivity index (χ1) is 64.7. The molecule has 0 atom stereocenters. The Kier molecular flexibility index (Phi) is 38.1. The number of rotatable bonds is 6. The van der Waals surface area contributed by atoms with Crippen molar-refractivity contribution in [3.05, 3.63) is 442 Å². The molecule has 6 nitrogen and oxygen atoms in total. The Bertz CT molecular complexity index is 5430. The molecule has 39 rings (SSSR count). The third-order valence-electron chi connectivity index (χ3n) is 22.7. The Balaban J connectivity index is 0.000000414. The van der Waals surface area contributed by atoms with Crippen LogP contribution in [0.4, 0.5) is 0 Å². The van der Waals surface area contributed by atoms with Crippen molar-refractivity contribution in [3.63, 3.8) is 0 Å². The molecular formula is C123H120O6Si6Zr3+6. The first-order valence-corrected chi connectivity index (χ1v) is 67.8. The van der Waals surface area contributed by atoms with Gasteiger partial charge in [0.25, 0.3) is 0 Å². The number of benzene rings is 12. The summed E-state index contributed by atoms with van der Waals surface area (Å²) in [5.74, 6) is 4.72. The van der Waals surface area contributed by atoms with E-state index in [2.05, 4.69) is 334 Å². The van der Waals surface area contributed by atoms with Gasteiger partial charge in [-0.25, -0.2) is 0 Å². The van der Waals surface area contributed by atoms with Crippen molar-refractivity contribution < 1.29 is 107 Å². The average molecular weight is 2140 g/mol. The van der Waals surface area contributed by atoms with Crippen LogP contribution in [0.5, 0.6) is 34.5 Å². The number of hydrogen-bond acceptors (Lipinski definition) is 6. The third-order valence-corrected chi connectivity index (χ3v) is 28.7. The maximum Gasteiger partial charge on any atom is 4.00 e. The molecule has 6 saturated carbocycles. The largest absolute Gasteiger partial charge is 4.00 e. The monoisotopic (exact) mass is 2130 g/mol. The van der Waals surface area contributed by atoms with Crippen molar-refractivity contribution in [2.45, 2.75) is 118 Å². The molecule has 0 saturated heterocycles. The van der Waals surface area contributed by atoms with Crippen LogP contribution in [0.2, 0.25) is 118 Å². The molecule has 3 aliphatic heterocycles. The van der Waals surface area contributed by atoms with Gasteiger partial charge in [-0.2, -0.15) is 33.4 Å². The first-order valence-electron chi connectivity index (χ1n) is 46.8. The summed E-state index contributed by atoms with van der Waals surface area (Å²) in [6, 6.07) is 68.0. The molecule has 0 amide bonds. The quantitative estimate of drug-likeness (QED) is 0.122. The van der Waals surface area contributed by atoms with E-state index in [1.807, 2.05) is 193 Å². The molecular weight excluding hydrogens is 2020 g/mol. The molecule has 0 spiro atoms. The summed E-state index contributed by atoms with van der Waals surface area (Å²) < 4.78 is 39.6. The van der Waals surface area contributed by atoms with Crippen LogP contribution in [0.1, 0.15) is 33.4 Å². The summed E-state index contributed by atoms with van der Waals surface area (Å²) in [5.41, 5.74) is 44.5. The van der Waals surface area contributed by atoms with E-state index >= 15 is 0 Å². The summed E-state index contributed by atoms with van der Waals surface area (Å²) in [6.07, 6.45) is 60.0. The van der Waals surface area contributed by atoms with Crippen molar-refractivity contribution in [2.75, 3.05) is 20.4 Å². The Morgan fingerprint density at radius 3 is 0.384 bits per heavy atom. The minimum Gasteiger partial charge on any atom is -0.457 e. The zero-order valence-corrected chi connectivity index (χ0v) is 96.1. The Morgan fingerprint density at radius 2 is 0.275 bits per heavy atom. The van der Waals surface area contributed by atoms with Gasteiger partial charge >= 0.3 is 78.6 Å². The fraction of sp³-hybridized carbons (Fsp3) is 0.171. The van der Waals surface area contributed by atoms with Crippen LogP contribution in [0.25, 0.3) is 131 Å². The third kappa shape index (κ3) is 28.1. The van der Waals surface area contributed by atoms with E-state index < -0.39 is 48.4 Å². The Hall–Kier alpha value is -6.61. The van der Waals surface area contributed by atoms with Gasteiger partial charge in [-0.3, -0.25) is 67.6 Å². The first kappa shape index (κ1) is 109. The van der Waals surface area contributed by atoms with E-state index in [-0.39, 0.29) is 99.0 Å².